The van der Waals surface area contributed by atoms with Crippen molar-refractivity contribution in [2.75, 3.05) is 7.05 Å². The highest BCUT2D eigenvalue weighted by molar-refractivity contribution is 5.74. The van der Waals surface area contributed by atoms with E-state index in [0.29, 0.717) is 0 Å². The molecule has 0 saturated heterocycles. The van der Waals surface area contributed by atoms with Crippen LogP contribution < -0.4 is 10.8 Å². The number of halogens is 3. The number of aromatic nitrogens is 1. The molecule has 0 fully saturated rings. The number of aryl methyl sites for hydroxylation is 1. The summed E-state index contributed by atoms with van der Waals surface area (Å²) in [6.07, 6.45) is -2.81. The number of carbonyl (C=O) groups excluding carboxylic acids is 1. The SMILES string of the molecule is CNC(=O)N=c1ccc(C)cn1-c1cccc(C(F)(F)F)c1. The van der Waals surface area contributed by atoms with Gasteiger partial charge in [-0.05, 0) is 36.8 Å². The second-order valence-electron chi connectivity index (χ2n) is 4.65. The molecule has 2 aromatic rings. The zero-order chi connectivity index (χ0) is 16.3. The molecular weight excluding hydrogens is 295 g/mol. The van der Waals surface area contributed by atoms with Crippen LogP contribution in [0.3, 0.4) is 0 Å². The highest BCUT2D eigenvalue weighted by atomic mass is 19.4. The molecule has 0 aliphatic carbocycles. The van der Waals surface area contributed by atoms with E-state index in [1.807, 2.05) is 0 Å². The molecule has 0 unspecified atom stereocenters. The molecule has 1 aromatic heterocycles. The number of amides is 2. The van der Waals surface area contributed by atoms with Crippen molar-refractivity contribution < 1.29 is 18.0 Å². The van der Waals surface area contributed by atoms with Crippen LogP contribution in [0.4, 0.5) is 18.0 Å². The third kappa shape index (κ3) is 3.55. The van der Waals surface area contributed by atoms with Gasteiger partial charge in [0, 0.05) is 18.9 Å². The monoisotopic (exact) mass is 309 g/mol. The number of alkyl halides is 3. The van der Waals surface area contributed by atoms with Gasteiger partial charge in [0.05, 0.1) is 5.56 Å². The van der Waals surface area contributed by atoms with Crippen molar-refractivity contribution in [3.63, 3.8) is 0 Å². The molecule has 7 heteroatoms. The molecule has 0 spiro atoms. The fourth-order valence-electron chi connectivity index (χ4n) is 1.89. The van der Waals surface area contributed by atoms with Gasteiger partial charge in [-0.15, -0.1) is 0 Å². The minimum atomic E-state index is -4.43. The van der Waals surface area contributed by atoms with E-state index in [2.05, 4.69) is 10.3 Å². The molecule has 2 rings (SSSR count). The molecule has 1 heterocycles. The molecular formula is C15H14F3N3O. The smallest absolute Gasteiger partial charge is 0.339 e. The number of benzene rings is 1. The van der Waals surface area contributed by atoms with Crippen molar-refractivity contribution in [3.05, 3.63) is 59.2 Å². The lowest BCUT2D eigenvalue weighted by atomic mass is 10.2. The Morgan fingerprint density at radius 2 is 1.95 bits per heavy atom. The van der Waals surface area contributed by atoms with E-state index in [9.17, 15) is 18.0 Å². The van der Waals surface area contributed by atoms with E-state index >= 15 is 0 Å². The number of hydrogen-bond donors (Lipinski definition) is 1. The molecule has 116 valence electrons. The lowest BCUT2D eigenvalue weighted by Crippen LogP contribution is -2.24. The van der Waals surface area contributed by atoms with Crippen LogP contribution in [0.25, 0.3) is 5.69 Å². The zero-order valence-electron chi connectivity index (χ0n) is 12.0. The maximum absolute atomic E-state index is 12.8. The summed E-state index contributed by atoms with van der Waals surface area (Å²) in [5, 5.41) is 2.34. The topological polar surface area (TPSA) is 46.4 Å². The molecule has 0 saturated carbocycles. The van der Waals surface area contributed by atoms with Crippen molar-refractivity contribution >= 4 is 6.03 Å². The van der Waals surface area contributed by atoms with Gasteiger partial charge in [0.25, 0.3) is 0 Å². The summed E-state index contributed by atoms with van der Waals surface area (Å²) in [5.41, 5.74) is 0.587. The highest BCUT2D eigenvalue weighted by Gasteiger charge is 2.30. The van der Waals surface area contributed by atoms with E-state index in [4.69, 9.17) is 0 Å². The van der Waals surface area contributed by atoms with Crippen molar-refractivity contribution in [2.45, 2.75) is 13.1 Å². The van der Waals surface area contributed by atoms with E-state index in [1.54, 1.807) is 25.3 Å². The van der Waals surface area contributed by atoms with Crippen LogP contribution >= 0.6 is 0 Å². The van der Waals surface area contributed by atoms with Gasteiger partial charge in [-0.2, -0.15) is 18.2 Å². The zero-order valence-corrected chi connectivity index (χ0v) is 12.0. The fraction of sp³-hybridized carbons (Fsp3) is 0.200. The van der Waals surface area contributed by atoms with E-state index < -0.39 is 17.8 Å². The molecule has 22 heavy (non-hydrogen) atoms. The van der Waals surface area contributed by atoms with Crippen LogP contribution in [0.15, 0.2) is 47.6 Å². The molecule has 0 atom stereocenters. The molecule has 0 radical (unpaired) electrons. The van der Waals surface area contributed by atoms with Crippen LogP contribution in [0.5, 0.6) is 0 Å². The van der Waals surface area contributed by atoms with Gasteiger partial charge in [-0.1, -0.05) is 12.1 Å². The molecule has 1 aromatic carbocycles. The van der Waals surface area contributed by atoms with Gasteiger partial charge >= 0.3 is 12.2 Å². The number of carbonyl (C=O) groups is 1. The largest absolute Gasteiger partial charge is 0.416 e. The first-order valence-corrected chi connectivity index (χ1v) is 6.44. The Kier molecular flexibility index (Phi) is 4.35. The van der Waals surface area contributed by atoms with Crippen LogP contribution in [-0.4, -0.2) is 17.6 Å². The summed E-state index contributed by atoms with van der Waals surface area (Å²) in [5.74, 6) is 0. The van der Waals surface area contributed by atoms with Crippen molar-refractivity contribution in [3.8, 4) is 5.69 Å². The van der Waals surface area contributed by atoms with Gasteiger partial charge < -0.3 is 9.88 Å². The predicted octanol–water partition coefficient (Wildman–Crippen LogP) is 3.04. The Morgan fingerprint density at radius 3 is 2.59 bits per heavy atom. The van der Waals surface area contributed by atoms with Crippen LogP contribution in [0.1, 0.15) is 11.1 Å². The second kappa shape index (κ2) is 6.05. The highest BCUT2D eigenvalue weighted by Crippen LogP contribution is 2.30. The maximum Gasteiger partial charge on any atom is 0.416 e. The van der Waals surface area contributed by atoms with Gasteiger partial charge in [-0.25, -0.2) is 4.79 Å². The Labute approximate surface area is 124 Å². The van der Waals surface area contributed by atoms with E-state index in [-0.39, 0.29) is 11.2 Å². The first-order valence-electron chi connectivity index (χ1n) is 6.44. The Morgan fingerprint density at radius 1 is 1.23 bits per heavy atom. The maximum atomic E-state index is 12.8. The van der Waals surface area contributed by atoms with Gasteiger partial charge in [0.15, 0.2) is 0 Å². The Bertz CT molecular complexity index is 763. The number of pyridine rings is 1. The summed E-state index contributed by atoms with van der Waals surface area (Å²) in [4.78, 5) is 15.2. The third-order valence-corrected chi connectivity index (χ3v) is 2.96. The molecule has 0 bridgehead atoms. The van der Waals surface area contributed by atoms with Crippen molar-refractivity contribution in [1.29, 1.82) is 0 Å². The van der Waals surface area contributed by atoms with E-state index in [0.717, 1.165) is 17.7 Å². The van der Waals surface area contributed by atoms with Gasteiger partial charge in [0.2, 0.25) is 0 Å². The average molecular weight is 309 g/mol. The number of nitrogens with zero attached hydrogens (tertiary/aromatic N) is 2. The van der Waals surface area contributed by atoms with Crippen molar-refractivity contribution in [2.24, 2.45) is 4.99 Å². The van der Waals surface area contributed by atoms with Crippen LogP contribution in [-0.2, 0) is 6.18 Å². The molecule has 0 aliphatic rings. The number of urea groups is 1. The summed E-state index contributed by atoms with van der Waals surface area (Å²) in [7, 11) is 1.43. The summed E-state index contributed by atoms with van der Waals surface area (Å²) in [6, 6.07) is 7.58. The average Bonchev–Trinajstić information content (AvgIpc) is 2.48. The first-order chi connectivity index (χ1) is 10.3. The minimum absolute atomic E-state index is 0.240. The molecule has 2 amide bonds. The quantitative estimate of drug-likeness (QED) is 0.864. The summed E-state index contributed by atoms with van der Waals surface area (Å²) >= 11 is 0. The first kappa shape index (κ1) is 15.8. The van der Waals surface area contributed by atoms with Gasteiger partial charge in [0.1, 0.15) is 5.49 Å². The predicted molar refractivity (Wildman–Crippen MR) is 75.5 cm³/mol. The normalized spacial score (nSPS) is 12.3. The second-order valence-corrected chi connectivity index (χ2v) is 4.65. The molecule has 4 nitrogen and oxygen atoms in total. The van der Waals surface area contributed by atoms with Crippen LogP contribution in [0, 0.1) is 6.92 Å². The van der Waals surface area contributed by atoms with Crippen molar-refractivity contribution in [1.82, 2.24) is 9.88 Å². The molecule has 0 aliphatic heterocycles. The summed E-state index contributed by atoms with van der Waals surface area (Å²) in [6.45, 7) is 1.80. The number of rotatable bonds is 1. The molecule has 1 N–H and O–H groups in total. The van der Waals surface area contributed by atoms with E-state index in [1.165, 1.54) is 23.7 Å². The van der Waals surface area contributed by atoms with Crippen LogP contribution in [0.2, 0.25) is 0 Å². The lowest BCUT2D eigenvalue weighted by molar-refractivity contribution is -0.137. The van der Waals surface area contributed by atoms with Gasteiger partial charge in [-0.3, -0.25) is 0 Å². The third-order valence-electron chi connectivity index (χ3n) is 2.96. The lowest BCUT2D eigenvalue weighted by Gasteiger charge is -2.12. The minimum Gasteiger partial charge on any atom is -0.339 e. The number of hydrogen-bond acceptors (Lipinski definition) is 1. The Hall–Kier alpha value is -2.57. The standard InChI is InChI=1S/C15H14F3N3O/c1-10-6-7-13(20-14(22)19-2)21(9-10)12-5-3-4-11(8-12)15(16,17)18/h3-9H,1-2H3,(H,19,22). The Balaban J connectivity index is 2.64. The fourth-order valence-corrected chi connectivity index (χ4v) is 1.89. The summed E-state index contributed by atoms with van der Waals surface area (Å²) < 4.78 is 39.9. The number of nitrogens with one attached hydrogen (secondary N) is 1.